The molecule has 1 fully saturated rings. The van der Waals surface area contributed by atoms with E-state index in [2.05, 4.69) is 15.6 Å². The summed E-state index contributed by atoms with van der Waals surface area (Å²) in [6.07, 6.45) is 2.83. The van der Waals surface area contributed by atoms with E-state index in [9.17, 15) is 31.2 Å². The molecule has 0 radical (unpaired) electrons. The van der Waals surface area contributed by atoms with Crippen molar-refractivity contribution in [3.8, 4) is 0 Å². The average molecular weight is 499 g/mol. The van der Waals surface area contributed by atoms with Crippen LogP contribution in [0, 0.1) is 24.4 Å². The van der Waals surface area contributed by atoms with Crippen LogP contribution in [0.25, 0.3) is 0 Å². The molecule has 1 aliphatic rings. The van der Waals surface area contributed by atoms with Crippen molar-refractivity contribution in [2.45, 2.75) is 44.5 Å². The van der Waals surface area contributed by atoms with Crippen molar-refractivity contribution in [3.05, 3.63) is 64.7 Å². The highest BCUT2D eigenvalue weighted by atomic mass is 32.2. The highest BCUT2D eigenvalue weighted by Crippen LogP contribution is 2.25. The summed E-state index contributed by atoms with van der Waals surface area (Å²) < 4.78 is 67.9. The van der Waals surface area contributed by atoms with E-state index in [1.165, 1.54) is 0 Å². The fourth-order valence-electron chi connectivity index (χ4n) is 3.63. The molecule has 2 N–H and O–H groups in total. The molecule has 1 saturated heterocycles. The Morgan fingerprint density at radius 1 is 1.12 bits per heavy atom. The number of rotatable bonds is 8. The zero-order valence-electron chi connectivity index (χ0n) is 18.5. The Kier molecular flexibility index (Phi) is 8.26. The van der Waals surface area contributed by atoms with Crippen LogP contribution < -0.4 is 10.6 Å². The van der Waals surface area contributed by atoms with Crippen molar-refractivity contribution in [2.24, 2.45) is 0 Å². The smallest absolute Gasteiger partial charge is 0.239 e. The Morgan fingerprint density at radius 3 is 2.47 bits per heavy atom. The molecule has 0 aliphatic carbocycles. The van der Waals surface area contributed by atoms with Gasteiger partial charge in [0.25, 0.3) is 0 Å². The standard InChI is InChI=1S/C22H25F3N4O4S/c1-14-5-6-15(10-26-14)11-27-21(30)12-28-22(31)20-4-2-3-7-29(20)34(32,33)13-17-18(24)8-16(23)9-19(17)25/h5-6,8-10,20H,2-4,7,11-13H2,1H3,(H,27,30)(H,28,31)/t20-/m0/s1. The number of nitrogens with zero attached hydrogens (tertiary/aromatic N) is 2. The van der Waals surface area contributed by atoms with Gasteiger partial charge in [-0.1, -0.05) is 12.5 Å². The maximum atomic E-state index is 14.0. The van der Waals surface area contributed by atoms with Crippen molar-refractivity contribution < 1.29 is 31.2 Å². The second kappa shape index (κ2) is 11.0. The fraction of sp³-hybridized carbons (Fsp3) is 0.409. The zero-order chi connectivity index (χ0) is 24.9. The first-order valence-electron chi connectivity index (χ1n) is 10.7. The highest BCUT2D eigenvalue weighted by molar-refractivity contribution is 7.88. The Morgan fingerprint density at radius 2 is 1.82 bits per heavy atom. The molecule has 8 nitrogen and oxygen atoms in total. The summed E-state index contributed by atoms with van der Waals surface area (Å²) in [7, 11) is -4.31. The van der Waals surface area contributed by atoms with Crippen molar-refractivity contribution in [1.29, 1.82) is 0 Å². The van der Waals surface area contributed by atoms with Crippen LogP contribution >= 0.6 is 0 Å². The van der Waals surface area contributed by atoms with Crippen molar-refractivity contribution in [3.63, 3.8) is 0 Å². The molecule has 3 rings (SSSR count). The number of nitrogens with one attached hydrogen (secondary N) is 2. The van der Waals surface area contributed by atoms with E-state index in [1.807, 2.05) is 6.92 Å². The van der Waals surface area contributed by atoms with Crippen LogP contribution in [0.2, 0.25) is 0 Å². The van der Waals surface area contributed by atoms with Gasteiger partial charge in [-0.25, -0.2) is 21.6 Å². The maximum Gasteiger partial charge on any atom is 0.239 e. The molecule has 1 aromatic heterocycles. The van der Waals surface area contributed by atoms with Crippen LogP contribution in [0.4, 0.5) is 13.2 Å². The summed E-state index contributed by atoms with van der Waals surface area (Å²) >= 11 is 0. The quantitative estimate of drug-likeness (QED) is 0.578. The van der Waals surface area contributed by atoms with Gasteiger partial charge in [0.1, 0.15) is 23.5 Å². The molecule has 34 heavy (non-hydrogen) atoms. The van der Waals surface area contributed by atoms with Crippen LogP contribution in [-0.2, 0) is 31.9 Å². The Balaban J connectivity index is 1.61. The lowest BCUT2D eigenvalue weighted by Crippen LogP contribution is -2.53. The topological polar surface area (TPSA) is 108 Å². The molecule has 0 unspecified atom stereocenters. The zero-order valence-corrected chi connectivity index (χ0v) is 19.3. The van der Waals surface area contributed by atoms with Gasteiger partial charge in [-0.05, 0) is 31.4 Å². The largest absolute Gasteiger partial charge is 0.350 e. The van der Waals surface area contributed by atoms with Crippen molar-refractivity contribution >= 4 is 21.8 Å². The summed E-state index contributed by atoms with van der Waals surface area (Å²) in [5.41, 5.74) is 0.811. The number of aromatic nitrogens is 1. The molecule has 0 bridgehead atoms. The number of amides is 2. The third kappa shape index (κ3) is 6.54. The minimum absolute atomic E-state index is 0.0164. The fourth-order valence-corrected chi connectivity index (χ4v) is 5.43. The normalized spacial score (nSPS) is 16.8. The van der Waals surface area contributed by atoms with Crippen LogP contribution in [0.3, 0.4) is 0 Å². The number of benzene rings is 1. The number of hydrogen-bond acceptors (Lipinski definition) is 5. The van der Waals surface area contributed by atoms with E-state index < -0.39 is 56.6 Å². The summed E-state index contributed by atoms with van der Waals surface area (Å²) in [6.45, 7) is 1.65. The third-order valence-electron chi connectivity index (χ3n) is 5.43. The monoisotopic (exact) mass is 498 g/mol. The SMILES string of the molecule is Cc1ccc(CNC(=O)CNC(=O)[C@@H]2CCCCN2S(=O)(=O)Cc2c(F)cc(F)cc2F)cn1. The highest BCUT2D eigenvalue weighted by Gasteiger charge is 2.37. The van der Waals surface area contributed by atoms with Crippen molar-refractivity contribution in [2.75, 3.05) is 13.1 Å². The minimum Gasteiger partial charge on any atom is -0.350 e. The number of pyridine rings is 1. The molecule has 2 heterocycles. The van der Waals surface area contributed by atoms with Crippen LogP contribution in [0.15, 0.2) is 30.5 Å². The second-order valence-corrected chi connectivity index (χ2v) is 9.95. The predicted molar refractivity (Wildman–Crippen MR) is 117 cm³/mol. The van der Waals surface area contributed by atoms with Gasteiger partial charge in [-0.15, -0.1) is 0 Å². The van der Waals surface area contributed by atoms with Gasteiger partial charge in [0.15, 0.2) is 0 Å². The van der Waals surface area contributed by atoms with E-state index in [4.69, 9.17) is 0 Å². The van der Waals surface area contributed by atoms with E-state index in [0.29, 0.717) is 25.0 Å². The molecular formula is C22H25F3N4O4S. The number of carbonyl (C=O) groups excluding carboxylic acids is 2. The third-order valence-corrected chi connectivity index (χ3v) is 7.24. The molecule has 1 aromatic carbocycles. The van der Waals surface area contributed by atoms with Gasteiger partial charge >= 0.3 is 0 Å². The van der Waals surface area contributed by atoms with Crippen LogP contribution in [0.1, 0.15) is 36.1 Å². The summed E-state index contributed by atoms with van der Waals surface area (Å²) in [5, 5.41) is 5.05. The molecule has 12 heteroatoms. The van der Waals surface area contributed by atoms with E-state index >= 15 is 0 Å². The lowest BCUT2D eigenvalue weighted by molar-refractivity contribution is -0.129. The molecule has 2 amide bonds. The minimum atomic E-state index is -4.31. The molecular weight excluding hydrogens is 473 g/mol. The lowest BCUT2D eigenvalue weighted by atomic mass is 10.0. The van der Waals surface area contributed by atoms with Gasteiger partial charge < -0.3 is 10.6 Å². The second-order valence-electron chi connectivity index (χ2n) is 8.03. The molecule has 0 spiro atoms. The number of carbonyl (C=O) groups is 2. The molecule has 1 aliphatic heterocycles. The first-order chi connectivity index (χ1) is 16.1. The lowest BCUT2D eigenvalue weighted by Gasteiger charge is -2.33. The summed E-state index contributed by atoms with van der Waals surface area (Å²) in [4.78, 5) is 28.9. The van der Waals surface area contributed by atoms with Gasteiger partial charge in [-0.2, -0.15) is 4.31 Å². The van der Waals surface area contributed by atoms with Crippen molar-refractivity contribution in [1.82, 2.24) is 19.9 Å². The average Bonchev–Trinajstić information content (AvgIpc) is 2.79. The number of piperidine rings is 1. The van der Waals surface area contributed by atoms with Gasteiger partial charge in [0.2, 0.25) is 21.8 Å². The summed E-state index contributed by atoms with van der Waals surface area (Å²) in [6, 6.07) is 3.28. The Labute approximate surface area is 195 Å². The predicted octanol–water partition coefficient (Wildman–Crippen LogP) is 1.92. The molecule has 2 aromatic rings. The molecule has 184 valence electrons. The number of sulfonamides is 1. The van der Waals surface area contributed by atoms with Crippen LogP contribution in [-0.4, -0.2) is 48.7 Å². The van der Waals surface area contributed by atoms with E-state index in [0.717, 1.165) is 15.6 Å². The maximum absolute atomic E-state index is 14.0. The van der Waals surface area contributed by atoms with Gasteiger partial charge in [-0.3, -0.25) is 14.6 Å². The molecule has 0 saturated carbocycles. The Bertz CT molecular complexity index is 1140. The van der Waals surface area contributed by atoms with E-state index in [-0.39, 0.29) is 26.1 Å². The van der Waals surface area contributed by atoms with Crippen LogP contribution in [0.5, 0.6) is 0 Å². The Hall–Kier alpha value is -2.99. The van der Waals surface area contributed by atoms with Gasteiger partial charge in [0.05, 0.1) is 12.3 Å². The van der Waals surface area contributed by atoms with Gasteiger partial charge in [0, 0.05) is 42.7 Å². The number of hydrogen-bond donors (Lipinski definition) is 2. The first kappa shape index (κ1) is 25.6. The number of aryl methyl sites for hydroxylation is 1. The summed E-state index contributed by atoms with van der Waals surface area (Å²) in [5.74, 6) is -6.02. The van der Waals surface area contributed by atoms with E-state index in [1.54, 1.807) is 18.3 Å². The number of halogens is 3. The first-order valence-corrected chi connectivity index (χ1v) is 12.3. The molecule has 1 atom stereocenters.